The number of likely N-dealkylation sites (N-methyl/N-ethyl adjacent to an activating group) is 1. The molecule has 0 radical (unpaired) electrons. The van der Waals surface area contributed by atoms with Gasteiger partial charge < -0.3 is 14.5 Å². The third kappa shape index (κ3) is 3.57. The Bertz CT molecular complexity index is 620. The molecule has 0 aliphatic carbocycles. The Labute approximate surface area is 140 Å². The van der Waals surface area contributed by atoms with Gasteiger partial charge in [-0.25, -0.2) is 4.39 Å². The summed E-state index contributed by atoms with van der Waals surface area (Å²) in [4.78, 5) is 29.5. The van der Waals surface area contributed by atoms with Crippen molar-refractivity contribution in [3.05, 3.63) is 35.6 Å². The van der Waals surface area contributed by atoms with Gasteiger partial charge in [0.2, 0.25) is 11.8 Å². The molecule has 2 saturated heterocycles. The second-order valence-corrected chi connectivity index (χ2v) is 6.55. The van der Waals surface area contributed by atoms with E-state index in [0.29, 0.717) is 19.6 Å². The van der Waals surface area contributed by atoms with Crippen LogP contribution in [0.3, 0.4) is 0 Å². The van der Waals surface area contributed by atoms with Crippen LogP contribution in [0.4, 0.5) is 4.39 Å². The molecule has 130 valence electrons. The van der Waals surface area contributed by atoms with E-state index in [1.807, 2.05) is 0 Å². The van der Waals surface area contributed by atoms with E-state index >= 15 is 0 Å². The van der Waals surface area contributed by atoms with Gasteiger partial charge >= 0.3 is 0 Å². The highest BCUT2D eigenvalue weighted by Gasteiger charge is 2.43. The summed E-state index contributed by atoms with van der Waals surface area (Å²) >= 11 is 0. The van der Waals surface area contributed by atoms with E-state index in [4.69, 9.17) is 4.74 Å². The van der Waals surface area contributed by atoms with Crippen molar-refractivity contribution in [3.8, 4) is 0 Å². The second kappa shape index (κ2) is 6.86. The Morgan fingerprint density at radius 2 is 2.00 bits per heavy atom. The maximum atomic E-state index is 13.0. The van der Waals surface area contributed by atoms with Gasteiger partial charge in [0.15, 0.2) is 0 Å². The molecule has 0 unspecified atom stereocenters. The van der Waals surface area contributed by atoms with Gasteiger partial charge in [-0.15, -0.1) is 0 Å². The highest BCUT2D eigenvalue weighted by molar-refractivity contribution is 5.86. The number of nitrogens with zero attached hydrogens (tertiary/aromatic N) is 3. The van der Waals surface area contributed by atoms with E-state index < -0.39 is 0 Å². The van der Waals surface area contributed by atoms with Crippen LogP contribution < -0.4 is 0 Å². The van der Waals surface area contributed by atoms with Gasteiger partial charge in [0.1, 0.15) is 19.0 Å². The number of hydrogen-bond acceptors (Lipinski definition) is 4. The first-order valence-corrected chi connectivity index (χ1v) is 8.02. The third-order valence-corrected chi connectivity index (χ3v) is 4.58. The monoisotopic (exact) mass is 335 g/mol. The molecule has 7 heteroatoms. The molecule has 2 heterocycles. The second-order valence-electron chi connectivity index (χ2n) is 6.55. The maximum absolute atomic E-state index is 13.0. The van der Waals surface area contributed by atoms with Crippen LogP contribution in [0, 0.1) is 5.82 Å². The summed E-state index contributed by atoms with van der Waals surface area (Å²) in [5, 5.41) is 0. The third-order valence-electron chi connectivity index (χ3n) is 4.58. The minimum absolute atomic E-state index is 0.0201. The zero-order chi connectivity index (χ0) is 17.3. The average Bonchev–Trinajstić information content (AvgIpc) is 2.95. The molecule has 0 N–H and O–H groups in total. The van der Waals surface area contributed by atoms with Gasteiger partial charge in [0.25, 0.3) is 0 Å². The molecule has 0 spiro atoms. The summed E-state index contributed by atoms with van der Waals surface area (Å²) in [6.45, 7) is 2.11. The molecule has 0 aromatic heterocycles. The van der Waals surface area contributed by atoms with Crippen LogP contribution in [0.25, 0.3) is 0 Å². The zero-order valence-electron chi connectivity index (χ0n) is 13.9. The Hall–Kier alpha value is -1.99. The van der Waals surface area contributed by atoms with Gasteiger partial charge in [0.05, 0.1) is 12.1 Å². The molecule has 6 nitrogen and oxygen atoms in total. The summed E-state index contributed by atoms with van der Waals surface area (Å²) in [6, 6.07) is 6.30. The fourth-order valence-electron chi connectivity index (χ4n) is 3.21. The van der Waals surface area contributed by atoms with Gasteiger partial charge in [0, 0.05) is 33.7 Å². The standard InChI is InChI=1S/C17H22FN3O3/c1-19(2)16(22)10-21-14-8-20(9-15(14)24-11-17(21)23)7-12-3-5-13(18)6-4-12/h3-6,14-15H,7-11H2,1-2H3/t14-,15-/m0/s1. The fraction of sp³-hybridized carbons (Fsp3) is 0.529. The number of halogens is 1. The van der Waals surface area contributed by atoms with Crippen molar-refractivity contribution in [2.45, 2.75) is 18.7 Å². The molecule has 2 aliphatic heterocycles. The Kier molecular flexibility index (Phi) is 4.82. The number of benzene rings is 1. The highest BCUT2D eigenvalue weighted by Crippen LogP contribution is 2.25. The van der Waals surface area contributed by atoms with E-state index in [1.54, 1.807) is 31.1 Å². The quantitative estimate of drug-likeness (QED) is 0.796. The number of morpholine rings is 1. The van der Waals surface area contributed by atoms with Crippen molar-refractivity contribution in [1.29, 1.82) is 0 Å². The summed E-state index contributed by atoms with van der Waals surface area (Å²) in [7, 11) is 3.36. The molecule has 24 heavy (non-hydrogen) atoms. The van der Waals surface area contributed by atoms with Crippen LogP contribution in [0.2, 0.25) is 0 Å². The lowest BCUT2D eigenvalue weighted by Crippen LogP contribution is -2.56. The van der Waals surface area contributed by atoms with Crippen molar-refractivity contribution in [2.75, 3.05) is 40.3 Å². The number of ether oxygens (including phenoxy) is 1. The van der Waals surface area contributed by atoms with Gasteiger partial charge in [-0.05, 0) is 17.7 Å². The number of amides is 2. The predicted octanol–water partition coefficient (Wildman–Crippen LogP) is 0.326. The SMILES string of the molecule is CN(C)C(=O)CN1C(=O)CO[C@H]2CN(Cc3ccc(F)cc3)C[C@@H]21. The van der Waals surface area contributed by atoms with Crippen LogP contribution in [0.15, 0.2) is 24.3 Å². The van der Waals surface area contributed by atoms with Crippen molar-refractivity contribution in [2.24, 2.45) is 0 Å². The van der Waals surface area contributed by atoms with Crippen LogP contribution in [-0.2, 0) is 20.9 Å². The van der Waals surface area contributed by atoms with E-state index in [-0.39, 0.29) is 42.9 Å². The average molecular weight is 335 g/mol. The summed E-state index contributed by atoms with van der Waals surface area (Å²) in [5.74, 6) is -0.493. The topological polar surface area (TPSA) is 53.1 Å². The lowest BCUT2D eigenvalue weighted by atomic mass is 10.1. The molecule has 2 aliphatic rings. The molecule has 2 amide bonds. The number of rotatable bonds is 4. The van der Waals surface area contributed by atoms with E-state index in [1.165, 1.54) is 17.0 Å². The first kappa shape index (κ1) is 16.9. The summed E-state index contributed by atoms with van der Waals surface area (Å²) in [6.07, 6.45) is -0.0851. The zero-order valence-corrected chi connectivity index (χ0v) is 13.9. The van der Waals surface area contributed by atoms with Crippen molar-refractivity contribution < 1.29 is 18.7 Å². The van der Waals surface area contributed by atoms with Crippen LogP contribution in [-0.4, -0.2) is 79.0 Å². The fourth-order valence-corrected chi connectivity index (χ4v) is 3.21. The normalized spacial score (nSPS) is 24.1. The largest absolute Gasteiger partial charge is 0.365 e. The van der Waals surface area contributed by atoms with Crippen LogP contribution in [0.5, 0.6) is 0 Å². The minimum Gasteiger partial charge on any atom is -0.365 e. The van der Waals surface area contributed by atoms with Gasteiger partial charge in [-0.3, -0.25) is 14.5 Å². The Morgan fingerprint density at radius 1 is 1.29 bits per heavy atom. The number of hydrogen-bond donors (Lipinski definition) is 0. The molecule has 3 rings (SSSR count). The Morgan fingerprint density at radius 3 is 2.67 bits per heavy atom. The molecule has 1 aromatic rings. The number of carbonyl (C=O) groups is 2. The molecular weight excluding hydrogens is 313 g/mol. The van der Waals surface area contributed by atoms with Gasteiger partial charge in [-0.1, -0.05) is 12.1 Å². The van der Waals surface area contributed by atoms with Crippen LogP contribution in [0.1, 0.15) is 5.56 Å². The highest BCUT2D eigenvalue weighted by atomic mass is 19.1. The number of fused-ring (bicyclic) bond motifs is 1. The molecule has 2 atom stereocenters. The lowest BCUT2D eigenvalue weighted by Gasteiger charge is -2.36. The minimum atomic E-state index is -0.254. The van der Waals surface area contributed by atoms with E-state index in [0.717, 1.165) is 5.56 Å². The van der Waals surface area contributed by atoms with Crippen molar-refractivity contribution in [3.63, 3.8) is 0 Å². The smallest absolute Gasteiger partial charge is 0.249 e. The number of carbonyl (C=O) groups excluding carboxylic acids is 2. The molecule has 1 aromatic carbocycles. The summed E-state index contributed by atoms with van der Waals surface area (Å²) in [5.41, 5.74) is 1.01. The van der Waals surface area contributed by atoms with Gasteiger partial charge in [-0.2, -0.15) is 0 Å². The van der Waals surface area contributed by atoms with Crippen molar-refractivity contribution in [1.82, 2.24) is 14.7 Å². The maximum Gasteiger partial charge on any atom is 0.249 e. The van der Waals surface area contributed by atoms with Crippen LogP contribution >= 0.6 is 0 Å². The molecular formula is C17H22FN3O3. The lowest BCUT2D eigenvalue weighted by molar-refractivity contribution is -0.156. The summed E-state index contributed by atoms with van der Waals surface area (Å²) < 4.78 is 18.7. The molecule has 2 fully saturated rings. The first-order chi connectivity index (χ1) is 11.4. The first-order valence-electron chi connectivity index (χ1n) is 8.02. The number of likely N-dealkylation sites (tertiary alicyclic amines) is 1. The molecule has 0 saturated carbocycles. The Balaban J connectivity index is 1.67. The molecule has 0 bridgehead atoms. The van der Waals surface area contributed by atoms with E-state index in [9.17, 15) is 14.0 Å². The van der Waals surface area contributed by atoms with Crippen molar-refractivity contribution >= 4 is 11.8 Å². The van der Waals surface area contributed by atoms with E-state index in [2.05, 4.69) is 4.90 Å². The predicted molar refractivity (Wildman–Crippen MR) is 85.6 cm³/mol.